The van der Waals surface area contributed by atoms with E-state index in [9.17, 15) is 13.2 Å². The summed E-state index contributed by atoms with van der Waals surface area (Å²) in [6, 6.07) is 6.93. The number of halogens is 4. The molecular weight excluding hydrogens is 377 g/mol. The molecule has 3 nitrogen and oxygen atoms in total. The summed E-state index contributed by atoms with van der Waals surface area (Å²) in [5.74, 6) is 1.10. The summed E-state index contributed by atoms with van der Waals surface area (Å²) >= 11 is 6.16. The number of hydrogen-bond donors (Lipinski definition) is 0. The van der Waals surface area contributed by atoms with Gasteiger partial charge in [-0.3, -0.25) is 4.68 Å². The van der Waals surface area contributed by atoms with E-state index in [1.165, 1.54) is 13.2 Å². The summed E-state index contributed by atoms with van der Waals surface area (Å²) < 4.78 is 46.1. The minimum atomic E-state index is -4.44. The largest absolute Gasteiger partial charge is 0.495 e. The van der Waals surface area contributed by atoms with E-state index in [0.717, 1.165) is 36.0 Å². The topological polar surface area (TPSA) is 27.1 Å². The van der Waals surface area contributed by atoms with Gasteiger partial charge in [-0.15, -0.1) is 0 Å². The van der Waals surface area contributed by atoms with Crippen LogP contribution in [-0.2, 0) is 12.7 Å². The summed E-state index contributed by atoms with van der Waals surface area (Å²) in [5.41, 5.74) is 1.10. The minimum Gasteiger partial charge on any atom is -0.495 e. The molecule has 0 fully saturated rings. The van der Waals surface area contributed by atoms with E-state index in [0.29, 0.717) is 22.8 Å². The Morgan fingerprint density at radius 3 is 2.44 bits per heavy atom. The second kappa shape index (κ2) is 7.43. The van der Waals surface area contributed by atoms with Crippen molar-refractivity contribution in [2.45, 2.75) is 33.0 Å². The molecule has 144 valence electrons. The van der Waals surface area contributed by atoms with Gasteiger partial charge in [0.1, 0.15) is 5.75 Å². The van der Waals surface area contributed by atoms with Crippen molar-refractivity contribution in [3.05, 3.63) is 47.1 Å². The van der Waals surface area contributed by atoms with Gasteiger partial charge in [-0.1, -0.05) is 31.5 Å². The van der Waals surface area contributed by atoms with Gasteiger partial charge in [-0.05, 0) is 36.6 Å². The highest BCUT2D eigenvalue weighted by molar-refractivity contribution is 6.33. The lowest BCUT2D eigenvalue weighted by Gasteiger charge is -2.13. The van der Waals surface area contributed by atoms with Gasteiger partial charge in [-0.25, -0.2) is 0 Å². The van der Waals surface area contributed by atoms with E-state index < -0.39 is 11.7 Å². The maximum Gasteiger partial charge on any atom is 0.416 e. The fourth-order valence-electron chi connectivity index (χ4n) is 2.96. The van der Waals surface area contributed by atoms with E-state index in [1.807, 2.05) is 16.9 Å². The van der Waals surface area contributed by atoms with Crippen molar-refractivity contribution in [2.75, 3.05) is 7.11 Å². The number of nitrogens with zero attached hydrogens (tertiary/aromatic N) is 2. The van der Waals surface area contributed by atoms with E-state index in [-0.39, 0.29) is 5.02 Å². The van der Waals surface area contributed by atoms with E-state index in [1.54, 1.807) is 6.07 Å². The summed E-state index contributed by atoms with van der Waals surface area (Å²) in [6.07, 6.45) is -1.54. The normalized spacial score (nSPS) is 12.1. The van der Waals surface area contributed by atoms with E-state index >= 15 is 0 Å². The SMILES string of the molecule is COc1c(-c2ccc(C(F)(F)F)cc2Cl)ccc2nn(CCC(C)C)cc12. The van der Waals surface area contributed by atoms with Crippen LogP contribution in [0.2, 0.25) is 5.02 Å². The smallest absolute Gasteiger partial charge is 0.416 e. The lowest BCUT2D eigenvalue weighted by molar-refractivity contribution is -0.137. The molecule has 27 heavy (non-hydrogen) atoms. The van der Waals surface area contributed by atoms with Crippen molar-refractivity contribution in [3.8, 4) is 16.9 Å². The Morgan fingerprint density at radius 2 is 1.85 bits per heavy atom. The van der Waals surface area contributed by atoms with E-state index in [2.05, 4.69) is 18.9 Å². The average Bonchev–Trinajstić information content (AvgIpc) is 3.01. The Kier molecular flexibility index (Phi) is 5.38. The molecule has 0 radical (unpaired) electrons. The van der Waals surface area contributed by atoms with E-state index in [4.69, 9.17) is 16.3 Å². The van der Waals surface area contributed by atoms with Gasteiger partial charge in [0.25, 0.3) is 0 Å². The fraction of sp³-hybridized carbons (Fsp3) is 0.350. The molecule has 0 aliphatic rings. The van der Waals surface area contributed by atoms with Crippen molar-refractivity contribution in [1.82, 2.24) is 9.78 Å². The van der Waals surface area contributed by atoms with Gasteiger partial charge in [0.2, 0.25) is 0 Å². The Hall–Kier alpha value is -2.21. The van der Waals surface area contributed by atoms with Crippen molar-refractivity contribution in [3.63, 3.8) is 0 Å². The molecule has 2 aromatic carbocycles. The maximum absolute atomic E-state index is 12.9. The second-order valence-electron chi connectivity index (χ2n) is 6.85. The predicted molar refractivity (Wildman–Crippen MR) is 101 cm³/mol. The van der Waals surface area contributed by atoms with Gasteiger partial charge < -0.3 is 4.74 Å². The fourth-order valence-corrected chi connectivity index (χ4v) is 3.25. The molecule has 0 aliphatic heterocycles. The minimum absolute atomic E-state index is 0.0228. The second-order valence-corrected chi connectivity index (χ2v) is 7.25. The van der Waals surface area contributed by atoms with Gasteiger partial charge in [0.15, 0.2) is 0 Å². The van der Waals surface area contributed by atoms with Crippen LogP contribution in [0, 0.1) is 5.92 Å². The van der Waals surface area contributed by atoms with Crippen molar-refractivity contribution >= 4 is 22.5 Å². The van der Waals surface area contributed by atoms with Crippen LogP contribution in [0.1, 0.15) is 25.8 Å². The molecule has 3 aromatic rings. The number of alkyl halides is 3. The Bertz CT molecular complexity index is 964. The van der Waals surface area contributed by atoms with Crippen LogP contribution in [-0.4, -0.2) is 16.9 Å². The van der Waals surface area contributed by atoms with Crippen LogP contribution in [0.25, 0.3) is 22.0 Å². The zero-order valence-corrected chi connectivity index (χ0v) is 16.0. The number of hydrogen-bond acceptors (Lipinski definition) is 2. The molecule has 1 aromatic heterocycles. The lowest BCUT2D eigenvalue weighted by Crippen LogP contribution is -2.04. The monoisotopic (exact) mass is 396 g/mol. The first-order valence-electron chi connectivity index (χ1n) is 8.62. The highest BCUT2D eigenvalue weighted by Crippen LogP contribution is 2.41. The molecule has 0 saturated heterocycles. The molecule has 0 saturated carbocycles. The van der Waals surface area contributed by atoms with Crippen LogP contribution in [0.3, 0.4) is 0 Å². The summed E-state index contributed by atoms with van der Waals surface area (Å²) in [5, 5.41) is 5.38. The molecular formula is C20H20ClF3N2O. The first-order valence-corrected chi connectivity index (χ1v) is 8.99. The first kappa shape index (κ1) is 19.5. The third-order valence-electron chi connectivity index (χ3n) is 4.41. The highest BCUT2D eigenvalue weighted by Gasteiger charge is 2.31. The standard InChI is InChI=1S/C20H20ClF3N2O/c1-12(2)8-9-26-11-16-18(25-26)7-6-15(19(16)27-3)14-5-4-13(10-17(14)21)20(22,23)24/h4-7,10-12H,8-9H2,1-3H3. The molecule has 3 rings (SSSR count). The summed E-state index contributed by atoms with van der Waals surface area (Å²) in [6.45, 7) is 5.08. The molecule has 0 amide bonds. The molecule has 1 heterocycles. The third kappa shape index (κ3) is 4.05. The quantitative estimate of drug-likeness (QED) is 0.496. The summed E-state index contributed by atoms with van der Waals surface area (Å²) in [4.78, 5) is 0. The molecule has 0 atom stereocenters. The molecule has 0 unspecified atom stereocenters. The van der Waals surface area contributed by atoms with Crippen LogP contribution in [0.5, 0.6) is 5.75 Å². The molecule has 0 N–H and O–H groups in total. The van der Waals surface area contributed by atoms with Crippen LogP contribution >= 0.6 is 11.6 Å². The van der Waals surface area contributed by atoms with Crippen LogP contribution in [0.15, 0.2) is 36.5 Å². The number of methoxy groups -OCH3 is 1. The maximum atomic E-state index is 12.9. The van der Waals surface area contributed by atoms with Gasteiger partial charge in [0.05, 0.1) is 23.6 Å². The number of rotatable bonds is 5. The number of ether oxygens (including phenoxy) is 1. The Morgan fingerprint density at radius 1 is 1.15 bits per heavy atom. The van der Waals surface area contributed by atoms with Crippen LogP contribution < -0.4 is 4.74 Å². The zero-order chi connectivity index (χ0) is 19.8. The molecule has 0 aliphatic carbocycles. The lowest BCUT2D eigenvalue weighted by atomic mass is 10.0. The van der Waals surface area contributed by atoms with Gasteiger partial charge in [-0.2, -0.15) is 18.3 Å². The number of fused-ring (bicyclic) bond motifs is 1. The Labute approximate surface area is 160 Å². The predicted octanol–water partition coefficient (Wildman–Crippen LogP) is 6.43. The Balaban J connectivity index is 2.07. The zero-order valence-electron chi connectivity index (χ0n) is 15.3. The molecule has 0 bridgehead atoms. The van der Waals surface area contributed by atoms with Crippen molar-refractivity contribution in [1.29, 1.82) is 0 Å². The van der Waals surface area contributed by atoms with Gasteiger partial charge in [0, 0.05) is 28.9 Å². The third-order valence-corrected chi connectivity index (χ3v) is 4.73. The first-order chi connectivity index (χ1) is 12.7. The van der Waals surface area contributed by atoms with Crippen molar-refractivity contribution in [2.24, 2.45) is 5.92 Å². The molecule has 7 heteroatoms. The number of aromatic nitrogens is 2. The average molecular weight is 397 g/mol. The number of aryl methyl sites for hydroxylation is 1. The van der Waals surface area contributed by atoms with Crippen molar-refractivity contribution < 1.29 is 17.9 Å². The van der Waals surface area contributed by atoms with Gasteiger partial charge >= 0.3 is 6.18 Å². The summed E-state index contributed by atoms with van der Waals surface area (Å²) in [7, 11) is 1.53. The highest BCUT2D eigenvalue weighted by atomic mass is 35.5. The van der Waals surface area contributed by atoms with Crippen LogP contribution in [0.4, 0.5) is 13.2 Å². The molecule has 0 spiro atoms. The number of benzene rings is 2.